The number of aromatic nitrogens is 1. The van der Waals surface area contributed by atoms with Crippen LogP contribution in [0.1, 0.15) is 22.3 Å². The van der Waals surface area contributed by atoms with Crippen LogP contribution in [0.25, 0.3) is 45.1 Å². The zero-order valence-corrected chi connectivity index (χ0v) is 24.5. The molecule has 2 nitrogen and oxygen atoms in total. The van der Waals surface area contributed by atoms with Gasteiger partial charge in [-0.15, -0.1) is 0 Å². The highest BCUT2D eigenvalue weighted by molar-refractivity contribution is 6.13. The lowest BCUT2D eigenvalue weighted by Gasteiger charge is -2.46. The van der Waals surface area contributed by atoms with E-state index in [0.717, 1.165) is 22.4 Å². The van der Waals surface area contributed by atoms with E-state index in [9.17, 15) is 0 Å². The molecule has 10 rings (SSSR count). The predicted molar refractivity (Wildman–Crippen MR) is 189 cm³/mol. The molecule has 1 spiro atoms. The van der Waals surface area contributed by atoms with Crippen LogP contribution in [0.15, 0.2) is 169 Å². The molecule has 0 radical (unpaired) electrons. The monoisotopic (exact) mass is 572 g/mol. The topological polar surface area (TPSA) is 19.0 Å². The minimum absolute atomic E-state index is 0.518. The molecule has 0 aliphatic heterocycles. The van der Waals surface area contributed by atoms with Crippen molar-refractivity contribution in [2.75, 3.05) is 4.90 Å². The third-order valence-electron chi connectivity index (χ3n) is 9.97. The van der Waals surface area contributed by atoms with Gasteiger partial charge in [0.1, 0.15) is 0 Å². The molecule has 5 aromatic carbocycles. The van der Waals surface area contributed by atoms with E-state index in [0.29, 0.717) is 0 Å². The Morgan fingerprint density at radius 2 is 1.18 bits per heavy atom. The molecular weight excluding hydrogens is 544 g/mol. The Kier molecular flexibility index (Phi) is 4.95. The quantitative estimate of drug-likeness (QED) is 0.223. The number of para-hydroxylation sites is 3. The molecule has 1 N–H and O–H groups in total. The summed E-state index contributed by atoms with van der Waals surface area (Å²) < 4.78 is 0. The van der Waals surface area contributed by atoms with E-state index >= 15 is 0 Å². The molecule has 0 fully saturated rings. The van der Waals surface area contributed by atoms with Crippen LogP contribution in [-0.2, 0) is 0 Å². The van der Waals surface area contributed by atoms with E-state index < -0.39 is 5.41 Å². The van der Waals surface area contributed by atoms with E-state index in [1.165, 1.54) is 61.0 Å². The van der Waals surface area contributed by atoms with Crippen molar-refractivity contribution in [3.05, 3.63) is 191 Å². The second-order valence-electron chi connectivity index (χ2n) is 12.2. The van der Waals surface area contributed by atoms with Gasteiger partial charge in [-0.1, -0.05) is 121 Å². The van der Waals surface area contributed by atoms with Crippen molar-refractivity contribution in [1.82, 2.24) is 4.98 Å². The molecule has 1 heterocycles. The predicted octanol–water partition coefficient (Wildman–Crippen LogP) is 10.9. The third kappa shape index (κ3) is 3.29. The highest BCUT2D eigenvalue weighted by Crippen LogP contribution is 2.63. The molecule has 4 aliphatic carbocycles. The fourth-order valence-electron chi connectivity index (χ4n) is 8.05. The Morgan fingerprint density at radius 3 is 1.96 bits per heavy atom. The zero-order chi connectivity index (χ0) is 29.5. The maximum Gasteiger partial charge on any atom is 0.0803 e. The number of fused-ring (bicyclic) bond motifs is 11. The van der Waals surface area contributed by atoms with Gasteiger partial charge in [0, 0.05) is 27.7 Å². The number of anilines is 2. The average molecular weight is 573 g/mol. The Balaban J connectivity index is 1.30. The molecule has 210 valence electrons. The van der Waals surface area contributed by atoms with Gasteiger partial charge in [-0.05, 0) is 87.0 Å². The maximum atomic E-state index is 3.81. The molecule has 1 atom stereocenters. The van der Waals surface area contributed by atoms with Gasteiger partial charge in [-0.2, -0.15) is 0 Å². The van der Waals surface area contributed by atoms with Crippen molar-refractivity contribution in [3.8, 4) is 0 Å². The van der Waals surface area contributed by atoms with E-state index in [1.807, 2.05) is 0 Å². The van der Waals surface area contributed by atoms with Crippen LogP contribution in [0, 0.1) is 5.41 Å². The molecule has 0 saturated heterocycles. The fraction of sp³-hybridized carbons (Fsp3) is 0.0233. The first-order chi connectivity index (χ1) is 22.3. The fourth-order valence-corrected chi connectivity index (χ4v) is 8.05. The van der Waals surface area contributed by atoms with Gasteiger partial charge in [0.25, 0.3) is 0 Å². The van der Waals surface area contributed by atoms with Gasteiger partial charge in [-0.3, -0.25) is 0 Å². The number of nitrogens with one attached hydrogen (secondary N) is 1. The summed E-state index contributed by atoms with van der Waals surface area (Å²) >= 11 is 0. The largest absolute Gasteiger partial charge is 0.353 e. The Hall–Kier alpha value is -5.86. The second-order valence-corrected chi connectivity index (χ2v) is 12.2. The van der Waals surface area contributed by atoms with Crippen LogP contribution in [-0.4, -0.2) is 4.98 Å². The zero-order valence-electron chi connectivity index (χ0n) is 24.5. The van der Waals surface area contributed by atoms with Crippen molar-refractivity contribution in [1.29, 1.82) is 0 Å². The highest BCUT2D eigenvalue weighted by Gasteiger charge is 2.50. The summed E-state index contributed by atoms with van der Waals surface area (Å²) in [6.07, 6.45) is 16.6. The number of H-pyrrole nitrogens is 1. The smallest absolute Gasteiger partial charge is 0.0803 e. The number of nitrogens with zero attached hydrogens (tertiary/aromatic N) is 1. The summed E-state index contributed by atoms with van der Waals surface area (Å²) in [4.78, 5) is 6.30. The van der Waals surface area contributed by atoms with Crippen LogP contribution < -0.4 is 4.90 Å². The Bertz CT molecular complexity index is 2400. The Labute approximate surface area is 262 Å². The van der Waals surface area contributed by atoms with Gasteiger partial charge < -0.3 is 9.88 Å². The minimum Gasteiger partial charge on any atom is -0.353 e. The minimum atomic E-state index is -0.518. The van der Waals surface area contributed by atoms with Crippen LogP contribution in [0.3, 0.4) is 0 Å². The third-order valence-corrected chi connectivity index (χ3v) is 9.97. The first-order valence-corrected chi connectivity index (χ1v) is 15.6. The van der Waals surface area contributed by atoms with Gasteiger partial charge >= 0.3 is 0 Å². The summed E-state index contributed by atoms with van der Waals surface area (Å²) in [5.41, 5.74) is 15.6. The van der Waals surface area contributed by atoms with E-state index in [2.05, 4.69) is 174 Å². The van der Waals surface area contributed by atoms with E-state index in [4.69, 9.17) is 0 Å². The average Bonchev–Trinajstić information content (AvgIpc) is 3.79. The number of rotatable bonds is 3. The van der Waals surface area contributed by atoms with Crippen LogP contribution in [0.2, 0.25) is 0 Å². The second kappa shape index (κ2) is 9.07. The highest BCUT2D eigenvalue weighted by atomic mass is 15.2. The van der Waals surface area contributed by atoms with Gasteiger partial charge in [0.2, 0.25) is 0 Å². The summed E-state index contributed by atoms with van der Waals surface area (Å²) in [7, 11) is 0. The molecule has 2 heteroatoms. The van der Waals surface area contributed by atoms with Gasteiger partial charge in [0.05, 0.1) is 16.6 Å². The van der Waals surface area contributed by atoms with Crippen molar-refractivity contribution < 1.29 is 0 Å². The van der Waals surface area contributed by atoms with Crippen molar-refractivity contribution >= 4 is 56.5 Å². The number of benzene rings is 5. The van der Waals surface area contributed by atoms with E-state index in [-0.39, 0.29) is 0 Å². The van der Waals surface area contributed by atoms with Crippen LogP contribution in [0.5, 0.6) is 0 Å². The summed E-state index contributed by atoms with van der Waals surface area (Å²) in [6.45, 7) is 0. The van der Waals surface area contributed by atoms with Crippen molar-refractivity contribution in [2.24, 2.45) is 5.41 Å². The maximum absolute atomic E-state index is 3.81. The lowest BCUT2D eigenvalue weighted by Crippen LogP contribution is -2.37. The standard InChI is InChI=1S/C43H28N2/c1-2-14-30(15-3-1)45(40-22-10-19-36-35-18-8-9-21-39(35)44-42(36)40)41-24-23-34-32-17-7-5-13-29(32)27-38(34)43(41)25-11-20-33-31-16-6-4-12-28(31)26-37(33)43/h1-27,44H. The first-order valence-electron chi connectivity index (χ1n) is 15.6. The van der Waals surface area contributed by atoms with Gasteiger partial charge in [-0.25, -0.2) is 0 Å². The summed E-state index contributed by atoms with van der Waals surface area (Å²) in [5, 5.41) is 2.47. The molecule has 0 amide bonds. The molecule has 45 heavy (non-hydrogen) atoms. The molecule has 0 saturated carbocycles. The normalized spacial score (nSPS) is 18.9. The van der Waals surface area contributed by atoms with Gasteiger partial charge in [0.15, 0.2) is 0 Å². The van der Waals surface area contributed by atoms with Crippen molar-refractivity contribution in [2.45, 2.75) is 0 Å². The number of allylic oxidation sites excluding steroid dienone is 7. The molecule has 1 unspecified atom stereocenters. The first kappa shape index (κ1) is 24.6. The van der Waals surface area contributed by atoms with Crippen molar-refractivity contribution in [3.63, 3.8) is 0 Å². The lowest BCUT2D eigenvalue weighted by molar-refractivity contribution is 0.677. The molecule has 0 bridgehead atoms. The number of hydrogen-bond donors (Lipinski definition) is 1. The molecule has 6 aromatic rings. The Morgan fingerprint density at radius 1 is 0.533 bits per heavy atom. The number of hydrogen-bond acceptors (Lipinski definition) is 1. The summed E-state index contributed by atoms with van der Waals surface area (Å²) in [5.74, 6) is 0. The van der Waals surface area contributed by atoms with E-state index in [1.54, 1.807) is 0 Å². The molecular formula is C43H28N2. The SMILES string of the molecule is C1=CC2(C3=Cc4ccccc4C3=C1)C1=Cc3ccccc3C1=CC=C2N(c1ccccc1)c1cccc2c1[nH]c1ccccc12. The molecule has 4 aliphatic rings. The van der Waals surface area contributed by atoms with Crippen LogP contribution >= 0.6 is 0 Å². The summed E-state index contributed by atoms with van der Waals surface area (Å²) in [6, 6.07) is 43.8. The lowest BCUT2D eigenvalue weighted by atomic mass is 9.63. The molecule has 1 aromatic heterocycles. The van der Waals surface area contributed by atoms with Crippen LogP contribution in [0.4, 0.5) is 11.4 Å². The number of aromatic amines is 1.